The van der Waals surface area contributed by atoms with Gasteiger partial charge in [0.25, 0.3) is 5.91 Å². The molecule has 1 atom stereocenters. The van der Waals surface area contributed by atoms with Crippen molar-refractivity contribution in [1.82, 2.24) is 0 Å². The third kappa shape index (κ3) is 3.65. The first-order valence-corrected chi connectivity index (χ1v) is 7.63. The van der Waals surface area contributed by atoms with E-state index in [9.17, 15) is 18.8 Å². The second-order valence-corrected chi connectivity index (χ2v) is 5.71. The summed E-state index contributed by atoms with van der Waals surface area (Å²) < 4.78 is 13.0. The van der Waals surface area contributed by atoms with Gasteiger partial charge in [-0.25, -0.2) is 9.29 Å². The van der Waals surface area contributed by atoms with Crippen LogP contribution in [0.15, 0.2) is 48.5 Å². The number of carbonyl (C=O) groups excluding carboxylic acids is 2. The van der Waals surface area contributed by atoms with Crippen molar-refractivity contribution in [3.63, 3.8) is 0 Å². The Balaban J connectivity index is 1.71. The van der Waals surface area contributed by atoms with E-state index in [2.05, 4.69) is 5.32 Å². The van der Waals surface area contributed by atoms with Crippen LogP contribution >= 0.6 is 0 Å². The molecule has 3 rings (SSSR count). The molecule has 6 nitrogen and oxygen atoms in total. The summed E-state index contributed by atoms with van der Waals surface area (Å²) in [5, 5.41) is 11.7. The second kappa shape index (κ2) is 6.72. The molecule has 1 heterocycles. The number of nitrogens with one attached hydrogen (secondary N) is 1. The summed E-state index contributed by atoms with van der Waals surface area (Å²) in [5.41, 5.74) is 1.58. The van der Waals surface area contributed by atoms with Gasteiger partial charge in [0, 0.05) is 5.69 Å². The number of rotatable bonds is 5. The van der Waals surface area contributed by atoms with Gasteiger partial charge >= 0.3 is 5.97 Å². The Kier molecular flexibility index (Phi) is 4.47. The van der Waals surface area contributed by atoms with Crippen molar-refractivity contribution in [2.45, 2.75) is 18.9 Å². The topological polar surface area (TPSA) is 86.7 Å². The molecule has 2 N–H and O–H groups in total. The summed E-state index contributed by atoms with van der Waals surface area (Å²) in [6.45, 7) is 0. The Hall–Kier alpha value is -3.22. The van der Waals surface area contributed by atoms with Crippen LogP contribution in [0.1, 0.15) is 12.0 Å². The summed E-state index contributed by atoms with van der Waals surface area (Å²) in [6, 6.07) is 11.1. The molecule has 1 saturated heterocycles. The van der Waals surface area contributed by atoms with Crippen LogP contribution in [0.5, 0.6) is 0 Å². The van der Waals surface area contributed by atoms with Gasteiger partial charge in [-0.1, -0.05) is 12.1 Å². The Morgan fingerprint density at radius 2 is 1.76 bits per heavy atom. The molecule has 25 heavy (non-hydrogen) atoms. The fraction of sp³-hybridized carbons (Fsp3) is 0.167. The molecule has 0 spiro atoms. The van der Waals surface area contributed by atoms with Crippen LogP contribution in [0.4, 0.5) is 15.8 Å². The molecule has 1 fully saturated rings. The highest BCUT2D eigenvalue weighted by Crippen LogP contribution is 2.25. The smallest absolute Gasteiger partial charge is 0.307 e. The largest absolute Gasteiger partial charge is 0.481 e. The number of nitrogens with zero attached hydrogens (tertiary/aromatic N) is 1. The fourth-order valence-corrected chi connectivity index (χ4v) is 2.70. The number of hydrogen-bond donors (Lipinski definition) is 2. The predicted octanol–water partition coefficient (Wildman–Crippen LogP) is 2.20. The zero-order chi connectivity index (χ0) is 18.0. The predicted molar refractivity (Wildman–Crippen MR) is 88.7 cm³/mol. The SMILES string of the molecule is O=C(O)Cc1ccc(NC2CC(=O)N(c3ccc(F)cc3)C2=O)cc1. The number of aliphatic carboxylic acids is 1. The summed E-state index contributed by atoms with van der Waals surface area (Å²) in [6.07, 6.45) is -0.0907. The van der Waals surface area contributed by atoms with E-state index < -0.39 is 23.7 Å². The van der Waals surface area contributed by atoms with Crippen LogP contribution in [0, 0.1) is 5.82 Å². The third-order valence-corrected chi connectivity index (χ3v) is 3.88. The van der Waals surface area contributed by atoms with Gasteiger partial charge in [-0.15, -0.1) is 0 Å². The van der Waals surface area contributed by atoms with Crippen LogP contribution in [0.2, 0.25) is 0 Å². The lowest BCUT2D eigenvalue weighted by molar-refractivity contribution is -0.136. The Morgan fingerprint density at radius 3 is 2.36 bits per heavy atom. The van der Waals surface area contributed by atoms with E-state index in [-0.39, 0.29) is 18.7 Å². The number of halogens is 1. The quantitative estimate of drug-likeness (QED) is 0.814. The average Bonchev–Trinajstić information content (AvgIpc) is 2.84. The van der Waals surface area contributed by atoms with Crippen LogP contribution < -0.4 is 10.2 Å². The van der Waals surface area contributed by atoms with E-state index in [1.807, 2.05) is 0 Å². The van der Waals surface area contributed by atoms with Gasteiger partial charge in [0.15, 0.2) is 0 Å². The van der Waals surface area contributed by atoms with Crippen molar-refractivity contribution in [3.8, 4) is 0 Å². The highest BCUT2D eigenvalue weighted by atomic mass is 19.1. The van der Waals surface area contributed by atoms with Crippen molar-refractivity contribution in [1.29, 1.82) is 0 Å². The fourth-order valence-electron chi connectivity index (χ4n) is 2.70. The van der Waals surface area contributed by atoms with Gasteiger partial charge in [-0.2, -0.15) is 0 Å². The van der Waals surface area contributed by atoms with Crippen molar-refractivity contribution in [2.75, 3.05) is 10.2 Å². The Morgan fingerprint density at radius 1 is 1.12 bits per heavy atom. The first kappa shape index (κ1) is 16.6. The van der Waals surface area contributed by atoms with E-state index in [4.69, 9.17) is 5.11 Å². The van der Waals surface area contributed by atoms with E-state index in [1.54, 1.807) is 24.3 Å². The maximum absolute atomic E-state index is 13.0. The summed E-state index contributed by atoms with van der Waals surface area (Å²) in [5.74, 6) is -2.14. The number of amides is 2. The van der Waals surface area contributed by atoms with Crippen molar-refractivity contribution in [3.05, 3.63) is 59.9 Å². The van der Waals surface area contributed by atoms with E-state index in [0.717, 1.165) is 4.90 Å². The molecule has 2 aromatic rings. The van der Waals surface area contributed by atoms with Gasteiger partial charge in [0.2, 0.25) is 5.91 Å². The Bertz CT molecular complexity index is 818. The number of carbonyl (C=O) groups is 3. The molecule has 7 heteroatoms. The number of anilines is 2. The highest BCUT2D eigenvalue weighted by Gasteiger charge is 2.39. The number of imide groups is 1. The zero-order valence-electron chi connectivity index (χ0n) is 13.1. The molecule has 0 bridgehead atoms. The van der Waals surface area contributed by atoms with Crippen molar-refractivity contribution >= 4 is 29.2 Å². The maximum atomic E-state index is 13.0. The van der Waals surface area contributed by atoms with E-state index >= 15 is 0 Å². The molecule has 1 aliphatic rings. The van der Waals surface area contributed by atoms with Crippen LogP contribution in [0.3, 0.4) is 0 Å². The molecule has 128 valence electrons. The highest BCUT2D eigenvalue weighted by molar-refractivity contribution is 6.23. The lowest BCUT2D eigenvalue weighted by atomic mass is 10.1. The normalized spacial score (nSPS) is 17.0. The monoisotopic (exact) mass is 342 g/mol. The molecule has 0 aliphatic carbocycles. The molecule has 0 saturated carbocycles. The van der Waals surface area contributed by atoms with Crippen LogP contribution in [-0.2, 0) is 20.8 Å². The molecule has 2 aromatic carbocycles. The van der Waals surface area contributed by atoms with Crippen molar-refractivity contribution < 1.29 is 23.9 Å². The van der Waals surface area contributed by atoms with Crippen LogP contribution in [-0.4, -0.2) is 28.9 Å². The second-order valence-electron chi connectivity index (χ2n) is 5.71. The minimum absolute atomic E-state index is 0.00686. The summed E-state index contributed by atoms with van der Waals surface area (Å²) in [7, 11) is 0. The third-order valence-electron chi connectivity index (χ3n) is 3.88. The van der Waals surface area contributed by atoms with Crippen LogP contribution in [0.25, 0.3) is 0 Å². The van der Waals surface area contributed by atoms with Gasteiger partial charge < -0.3 is 10.4 Å². The van der Waals surface area contributed by atoms with Gasteiger partial charge in [-0.05, 0) is 42.0 Å². The maximum Gasteiger partial charge on any atom is 0.307 e. The zero-order valence-corrected chi connectivity index (χ0v) is 13.1. The molecule has 2 amide bonds. The minimum atomic E-state index is -0.924. The number of carboxylic acids is 1. The average molecular weight is 342 g/mol. The number of hydrogen-bond acceptors (Lipinski definition) is 4. The number of benzene rings is 2. The minimum Gasteiger partial charge on any atom is -0.481 e. The number of carboxylic acid groups (broad SMARTS) is 1. The van der Waals surface area contributed by atoms with Gasteiger partial charge in [-0.3, -0.25) is 14.4 Å². The molecular weight excluding hydrogens is 327 g/mol. The lowest BCUT2D eigenvalue weighted by Gasteiger charge is -2.16. The lowest BCUT2D eigenvalue weighted by Crippen LogP contribution is -2.34. The molecule has 0 radical (unpaired) electrons. The van der Waals surface area contributed by atoms with Gasteiger partial charge in [0.1, 0.15) is 11.9 Å². The summed E-state index contributed by atoms with van der Waals surface area (Å²) >= 11 is 0. The first-order chi connectivity index (χ1) is 11.9. The molecular formula is C18H15FN2O4. The molecule has 1 unspecified atom stereocenters. The first-order valence-electron chi connectivity index (χ1n) is 7.63. The van der Waals surface area contributed by atoms with Crippen molar-refractivity contribution in [2.24, 2.45) is 0 Å². The van der Waals surface area contributed by atoms with E-state index in [0.29, 0.717) is 16.9 Å². The molecule has 1 aliphatic heterocycles. The molecule has 0 aromatic heterocycles. The summed E-state index contributed by atoms with van der Waals surface area (Å²) in [4.78, 5) is 36.4. The Labute approximate surface area is 142 Å². The van der Waals surface area contributed by atoms with E-state index in [1.165, 1.54) is 24.3 Å². The van der Waals surface area contributed by atoms with Gasteiger partial charge in [0.05, 0.1) is 18.5 Å². The standard InChI is InChI=1S/C18H15FN2O4/c19-12-3-7-14(8-4-12)21-16(22)10-15(18(21)25)20-13-5-1-11(2-6-13)9-17(23)24/h1-8,15,20H,9-10H2,(H,23,24).